The molecule has 1 amide bonds. The third kappa shape index (κ3) is 4.63. The van der Waals surface area contributed by atoms with E-state index < -0.39 is 0 Å². The van der Waals surface area contributed by atoms with Crippen LogP contribution in [0.15, 0.2) is 54.6 Å². The third-order valence-electron chi connectivity index (χ3n) is 3.38. The molecule has 110 valence electrons. The second-order valence-electron chi connectivity index (χ2n) is 4.99. The van der Waals surface area contributed by atoms with Crippen LogP contribution >= 0.6 is 0 Å². The summed E-state index contributed by atoms with van der Waals surface area (Å²) in [6.45, 7) is 4.10. The lowest BCUT2D eigenvalue weighted by atomic mass is 10.1. The lowest BCUT2D eigenvalue weighted by Crippen LogP contribution is -2.31. The molecule has 3 nitrogen and oxygen atoms in total. The van der Waals surface area contributed by atoms with Crippen LogP contribution in [0.1, 0.15) is 31.0 Å². The fraction of sp³-hybridized carbons (Fsp3) is 0.278. The first-order valence-corrected chi connectivity index (χ1v) is 7.25. The van der Waals surface area contributed by atoms with E-state index >= 15 is 0 Å². The molecule has 0 aliphatic rings. The minimum absolute atomic E-state index is 0.0234. The van der Waals surface area contributed by atoms with Crippen molar-refractivity contribution in [3.63, 3.8) is 0 Å². The van der Waals surface area contributed by atoms with Gasteiger partial charge in [0.1, 0.15) is 5.75 Å². The van der Waals surface area contributed by atoms with Crippen LogP contribution in [-0.4, -0.2) is 12.5 Å². The Hall–Kier alpha value is -2.29. The van der Waals surface area contributed by atoms with E-state index in [2.05, 4.69) is 12.2 Å². The van der Waals surface area contributed by atoms with Crippen LogP contribution in [0.3, 0.4) is 0 Å². The van der Waals surface area contributed by atoms with Gasteiger partial charge in [-0.15, -0.1) is 0 Å². The lowest BCUT2D eigenvalue weighted by Gasteiger charge is -2.14. The molecule has 1 N–H and O–H groups in total. The highest BCUT2D eigenvalue weighted by atomic mass is 16.5. The fourth-order valence-electron chi connectivity index (χ4n) is 2.08. The van der Waals surface area contributed by atoms with Gasteiger partial charge in [-0.2, -0.15) is 0 Å². The van der Waals surface area contributed by atoms with E-state index in [9.17, 15) is 4.79 Å². The number of aryl methyl sites for hydroxylation is 1. The van der Waals surface area contributed by atoms with Gasteiger partial charge in [0.15, 0.2) is 6.61 Å². The zero-order chi connectivity index (χ0) is 15.1. The number of nitrogens with one attached hydrogen (secondary N) is 1. The molecule has 2 aromatic rings. The minimum Gasteiger partial charge on any atom is -0.484 e. The first kappa shape index (κ1) is 15.1. The highest BCUT2D eigenvalue weighted by Gasteiger charge is 2.09. The SMILES string of the molecule is CCc1ccc(OCC(=O)N[C@H](C)c2ccccc2)cc1. The molecule has 0 spiro atoms. The molecule has 0 heterocycles. The van der Waals surface area contributed by atoms with E-state index in [-0.39, 0.29) is 18.6 Å². The number of hydrogen-bond acceptors (Lipinski definition) is 2. The van der Waals surface area contributed by atoms with Crippen LogP contribution in [0.2, 0.25) is 0 Å². The van der Waals surface area contributed by atoms with Crippen LogP contribution in [0.5, 0.6) is 5.75 Å². The molecule has 0 saturated carbocycles. The summed E-state index contributed by atoms with van der Waals surface area (Å²) in [5.74, 6) is 0.598. The van der Waals surface area contributed by atoms with Crippen LogP contribution in [0, 0.1) is 0 Å². The predicted molar refractivity (Wildman–Crippen MR) is 84.3 cm³/mol. The highest BCUT2D eigenvalue weighted by molar-refractivity contribution is 5.78. The summed E-state index contributed by atoms with van der Waals surface area (Å²) in [7, 11) is 0. The molecule has 0 aliphatic heterocycles. The molecule has 0 saturated heterocycles. The molecule has 1 atom stereocenters. The van der Waals surface area contributed by atoms with Crippen molar-refractivity contribution in [2.45, 2.75) is 26.3 Å². The smallest absolute Gasteiger partial charge is 0.258 e. The lowest BCUT2D eigenvalue weighted by molar-refractivity contribution is -0.123. The van der Waals surface area contributed by atoms with E-state index in [4.69, 9.17) is 4.74 Å². The number of carbonyl (C=O) groups is 1. The predicted octanol–water partition coefficient (Wildman–Crippen LogP) is 3.51. The van der Waals surface area contributed by atoms with Gasteiger partial charge in [0.2, 0.25) is 0 Å². The second-order valence-corrected chi connectivity index (χ2v) is 4.99. The number of benzene rings is 2. The summed E-state index contributed by atoms with van der Waals surface area (Å²) in [6, 6.07) is 17.7. The molecule has 0 aromatic heterocycles. The Kier molecular flexibility index (Phi) is 5.38. The van der Waals surface area contributed by atoms with Crippen LogP contribution in [0.4, 0.5) is 0 Å². The van der Waals surface area contributed by atoms with Gasteiger partial charge < -0.3 is 10.1 Å². The van der Waals surface area contributed by atoms with Gasteiger partial charge in [0, 0.05) is 0 Å². The summed E-state index contributed by atoms with van der Waals surface area (Å²) in [6.07, 6.45) is 0.995. The molecule has 0 bridgehead atoms. The van der Waals surface area contributed by atoms with E-state index in [1.54, 1.807) is 0 Å². The maximum absolute atomic E-state index is 11.9. The monoisotopic (exact) mass is 283 g/mol. The summed E-state index contributed by atoms with van der Waals surface area (Å²) in [5.41, 5.74) is 2.34. The molecular weight excluding hydrogens is 262 g/mol. The number of ether oxygens (including phenoxy) is 1. The average Bonchev–Trinajstić information content (AvgIpc) is 2.54. The molecule has 2 rings (SSSR count). The summed E-state index contributed by atoms with van der Waals surface area (Å²) in [4.78, 5) is 11.9. The molecule has 0 fully saturated rings. The summed E-state index contributed by atoms with van der Waals surface area (Å²) in [5, 5.41) is 2.93. The average molecular weight is 283 g/mol. The number of amides is 1. The van der Waals surface area contributed by atoms with E-state index in [0.29, 0.717) is 0 Å². The van der Waals surface area contributed by atoms with Crippen molar-refractivity contribution in [3.05, 3.63) is 65.7 Å². The maximum atomic E-state index is 11.9. The summed E-state index contributed by atoms with van der Waals surface area (Å²) < 4.78 is 5.49. The second kappa shape index (κ2) is 7.48. The zero-order valence-corrected chi connectivity index (χ0v) is 12.5. The number of carbonyl (C=O) groups excluding carboxylic acids is 1. The summed E-state index contributed by atoms with van der Waals surface area (Å²) >= 11 is 0. The third-order valence-corrected chi connectivity index (χ3v) is 3.38. The first-order valence-electron chi connectivity index (χ1n) is 7.25. The van der Waals surface area contributed by atoms with Crippen LogP contribution in [0.25, 0.3) is 0 Å². The van der Waals surface area contributed by atoms with Gasteiger partial charge in [0.25, 0.3) is 5.91 Å². The molecule has 0 unspecified atom stereocenters. The number of hydrogen-bond donors (Lipinski definition) is 1. The topological polar surface area (TPSA) is 38.3 Å². The van der Waals surface area contributed by atoms with Crippen molar-refractivity contribution >= 4 is 5.91 Å². The highest BCUT2D eigenvalue weighted by Crippen LogP contribution is 2.13. The molecule has 0 aliphatic carbocycles. The molecule has 21 heavy (non-hydrogen) atoms. The minimum atomic E-state index is -0.120. The normalized spacial score (nSPS) is 11.7. The van der Waals surface area contributed by atoms with Crippen LogP contribution in [-0.2, 0) is 11.2 Å². The molecular formula is C18H21NO2. The standard InChI is InChI=1S/C18H21NO2/c1-3-15-9-11-17(12-10-15)21-13-18(20)19-14(2)16-7-5-4-6-8-16/h4-12,14H,3,13H2,1-2H3,(H,19,20)/t14-/m1/s1. The Balaban J connectivity index is 1.81. The van der Waals surface area contributed by atoms with Gasteiger partial charge in [-0.1, -0.05) is 49.4 Å². The van der Waals surface area contributed by atoms with Crippen LogP contribution < -0.4 is 10.1 Å². The Morgan fingerprint density at radius 2 is 1.76 bits per heavy atom. The van der Waals surface area contributed by atoms with Crippen molar-refractivity contribution in [2.24, 2.45) is 0 Å². The Labute approximate surface area is 126 Å². The van der Waals surface area contributed by atoms with Crippen molar-refractivity contribution in [1.82, 2.24) is 5.32 Å². The van der Waals surface area contributed by atoms with Crippen molar-refractivity contribution in [1.29, 1.82) is 0 Å². The molecule has 3 heteroatoms. The zero-order valence-electron chi connectivity index (χ0n) is 12.5. The van der Waals surface area contributed by atoms with Gasteiger partial charge in [-0.05, 0) is 36.6 Å². The van der Waals surface area contributed by atoms with E-state index in [1.807, 2.05) is 61.5 Å². The molecule has 2 aromatic carbocycles. The Morgan fingerprint density at radius 3 is 2.38 bits per heavy atom. The number of rotatable bonds is 6. The van der Waals surface area contributed by atoms with Gasteiger partial charge >= 0.3 is 0 Å². The van der Waals surface area contributed by atoms with Crippen molar-refractivity contribution in [2.75, 3.05) is 6.61 Å². The van der Waals surface area contributed by atoms with E-state index in [0.717, 1.165) is 17.7 Å². The van der Waals surface area contributed by atoms with E-state index in [1.165, 1.54) is 5.56 Å². The fourth-order valence-corrected chi connectivity index (χ4v) is 2.08. The maximum Gasteiger partial charge on any atom is 0.258 e. The van der Waals surface area contributed by atoms with Gasteiger partial charge in [-0.3, -0.25) is 4.79 Å². The van der Waals surface area contributed by atoms with Crippen molar-refractivity contribution < 1.29 is 9.53 Å². The first-order chi connectivity index (χ1) is 10.2. The Bertz CT molecular complexity index is 564. The quantitative estimate of drug-likeness (QED) is 0.881. The largest absolute Gasteiger partial charge is 0.484 e. The Morgan fingerprint density at radius 1 is 1.10 bits per heavy atom. The van der Waals surface area contributed by atoms with Gasteiger partial charge in [-0.25, -0.2) is 0 Å². The van der Waals surface area contributed by atoms with Crippen molar-refractivity contribution in [3.8, 4) is 5.75 Å². The molecule has 0 radical (unpaired) electrons. The van der Waals surface area contributed by atoms with Gasteiger partial charge in [0.05, 0.1) is 6.04 Å².